The van der Waals surface area contributed by atoms with Gasteiger partial charge >= 0.3 is 0 Å². The van der Waals surface area contributed by atoms with Gasteiger partial charge in [0.2, 0.25) is 0 Å². The molecule has 6 nitrogen and oxygen atoms in total. The van der Waals surface area contributed by atoms with E-state index in [9.17, 15) is 4.79 Å². The maximum atomic E-state index is 11.9. The number of anilines is 1. The van der Waals surface area contributed by atoms with Crippen LogP contribution in [-0.2, 0) is 0 Å². The van der Waals surface area contributed by atoms with Crippen LogP contribution in [0.1, 0.15) is 41.6 Å². The zero-order chi connectivity index (χ0) is 21.2. The third-order valence-corrected chi connectivity index (χ3v) is 7.63. The average Bonchev–Trinajstić information content (AvgIpc) is 3.36. The van der Waals surface area contributed by atoms with Crippen molar-refractivity contribution in [3.8, 4) is 0 Å². The third-order valence-electron chi connectivity index (χ3n) is 6.34. The number of benzene rings is 1. The molecule has 4 heterocycles. The molecule has 1 fully saturated rings. The summed E-state index contributed by atoms with van der Waals surface area (Å²) in [5.74, 6) is -0.0542. The highest BCUT2D eigenvalue weighted by Gasteiger charge is 2.40. The number of piperidine rings is 1. The summed E-state index contributed by atoms with van der Waals surface area (Å²) in [6, 6.07) is 10.0. The Morgan fingerprint density at radius 3 is 2.71 bits per heavy atom. The smallest absolute Gasteiger partial charge is 0.251 e. The normalized spacial score (nSPS) is 20.4. The van der Waals surface area contributed by atoms with Crippen LogP contribution in [0.2, 0.25) is 0 Å². The lowest BCUT2D eigenvalue weighted by atomic mass is 10.1. The highest BCUT2D eigenvalue weighted by Crippen LogP contribution is 2.50. The first kappa shape index (κ1) is 20.4. The summed E-state index contributed by atoms with van der Waals surface area (Å²) in [5.41, 5.74) is 4.45. The first-order valence-corrected chi connectivity index (χ1v) is 12.0. The third kappa shape index (κ3) is 4.04. The molecule has 31 heavy (non-hydrogen) atoms. The Morgan fingerprint density at radius 2 is 1.94 bits per heavy atom. The van der Waals surface area contributed by atoms with E-state index in [-0.39, 0.29) is 11.4 Å². The Hall–Kier alpha value is -2.51. The number of thioether (sulfide) groups is 1. The van der Waals surface area contributed by atoms with Crippen LogP contribution in [0.3, 0.4) is 0 Å². The number of hydrogen-bond acceptors (Lipinski definition) is 6. The molecule has 3 aliphatic heterocycles. The second-order valence-corrected chi connectivity index (χ2v) is 9.41. The van der Waals surface area contributed by atoms with Crippen molar-refractivity contribution >= 4 is 29.1 Å². The van der Waals surface area contributed by atoms with Crippen LogP contribution in [-0.4, -0.2) is 59.4 Å². The summed E-state index contributed by atoms with van der Waals surface area (Å²) in [6.07, 6.45) is 11.3. The van der Waals surface area contributed by atoms with E-state index in [1.165, 1.54) is 48.6 Å². The van der Waals surface area contributed by atoms with Crippen LogP contribution >= 0.6 is 11.8 Å². The van der Waals surface area contributed by atoms with Gasteiger partial charge in [-0.3, -0.25) is 9.78 Å². The minimum Gasteiger partial charge on any atom is -0.355 e. The van der Waals surface area contributed by atoms with Crippen molar-refractivity contribution in [1.29, 1.82) is 0 Å². The number of carbonyl (C=O) groups excluding carboxylic acids is 1. The number of fused-ring (bicyclic) bond motifs is 3. The van der Waals surface area contributed by atoms with Crippen molar-refractivity contribution in [2.75, 3.05) is 38.1 Å². The molecule has 0 aliphatic carbocycles. The molecule has 7 heteroatoms. The van der Waals surface area contributed by atoms with Gasteiger partial charge in [-0.1, -0.05) is 30.3 Å². The molecular weight excluding hydrogens is 406 g/mol. The topological polar surface area (TPSA) is 51.7 Å². The van der Waals surface area contributed by atoms with E-state index in [1.54, 1.807) is 7.05 Å². The summed E-state index contributed by atoms with van der Waals surface area (Å²) in [5, 5.41) is 2.69. The number of likely N-dealkylation sites (tertiary alicyclic amines) is 1. The fourth-order valence-electron chi connectivity index (χ4n) is 4.68. The molecule has 5 rings (SSSR count). The van der Waals surface area contributed by atoms with Gasteiger partial charge in [0.15, 0.2) is 5.50 Å². The quantitative estimate of drug-likeness (QED) is 0.744. The maximum Gasteiger partial charge on any atom is 0.251 e. The van der Waals surface area contributed by atoms with Crippen molar-refractivity contribution in [2.45, 2.75) is 36.1 Å². The summed E-state index contributed by atoms with van der Waals surface area (Å²) in [7, 11) is 1.66. The van der Waals surface area contributed by atoms with Crippen molar-refractivity contribution < 1.29 is 4.79 Å². The number of amides is 1. The van der Waals surface area contributed by atoms with E-state index >= 15 is 0 Å². The number of carbonyl (C=O) groups is 1. The van der Waals surface area contributed by atoms with Crippen LogP contribution in [0.5, 0.6) is 0 Å². The Bertz CT molecular complexity index is 970. The molecule has 1 unspecified atom stereocenters. The van der Waals surface area contributed by atoms with Gasteiger partial charge in [-0.05, 0) is 62.7 Å². The molecule has 1 amide bonds. The van der Waals surface area contributed by atoms with Crippen LogP contribution in [0.25, 0.3) is 5.70 Å². The maximum absolute atomic E-state index is 11.9. The predicted molar refractivity (Wildman–Crippen MR) is 126 cm³/mol. The molecular formula is C24H29N5OS. The Morgan fingerprint density at radius 1 is 1.13 bits per heavy atom. The minimum atomic E-state index is -0.0542. The second kappa shape index (κ2) is 8.93. The van der Waals surface area contributed by atoms with E-state index in [4.69, 9.17) is 0 Å². The Balaban J connectivity index is 1.37. The first-order valence-electron chi connectivity index (χ1n) is 11.2. The molecule has 1 saturated heterocycles. The fourth-order valence-corrected chi connectivity index (χ4v) is 5.96. The van der Waals surface area contributed by atoms with Gasteiger partial charge < -0.3 is 20.0 Å². The van der Waals surface area contributed by atoms with Crippen molar-refractivity contribution in [3.63, 3.8) is 0 Å². The largest absolute Gasteiger partial charge is 0.355 e. The van der Waals surface area contributed by atoms with Crippen LogP contribution in [0.15, 0.2) is 53.8 Å². The molecule has 0 saturated carbocycles. The lowest BCUT2D eigenvalue weighted by Gasteiger charge is -2.31. The molecule has 162 valence electrons. The number of nitrogens with zero attached hydrogens (tertiary/aromatic N) is 4. The molecule has 1 N–H and O–H groups in total. The summed E-state index contributed by atoms with van der Waals surface area (Å²) < 4.78 is 0. The van der Waals surface area contributed by atoms with Gasteiger partial charge in [0.25, 0.3) is 5.91 Å². The average molecular weight is 436 g/mol. The molecule has 3 aliphatic rings. The highest BCUT2D eigenvalue weighted by atomic mass is 32.2. The number of hydrogen-bond donors (Lipinski definition) is 1. The summed E-state index contributed by atoms with van der Waals surface area (Å²) in [6.45, 7) is 4.65. The molecule has 0 radical (unpaired) electrons. The van der Waals surface area contributed by atoms with E-state index in [0.717, 1.165) is 25.1 Å². The van der Waals surface area contributed by atoms with Crippen LogP contribution < -0.4 is 10.2 Å². The molecule has 0 bridgehead atoms. The van der Waals surface area contributed by atoms with Crippen molar-refractivity contribution in [3.05, 3.63) is 60.1 Å². The summed E-state index contributed by atoms with van der Waals surface area (Å²) >= 11 is 1.89. The van der Waals surface area contributed by atoms with Crippen LogP contribution in [0.4, 0.5) is 5.69 Å². The molecule has 2 aromatic rings. The highest BCUT2D eigenvalue weighted by molar-refractivity contribution is 8.00. The predicted octanol–water partition coefficient (Wildman–Crippen LogP) is 3.83. The standard InChI is InChI=1S/C24H29N5OS/c1-25-23(30)19-8-6-18(7-9-19)21-17-29-20-16-26-11-10-22(20)31-24(29)28(21)15-5-14-27-12-3-2-4-13-27/h6-11,16-17,24H,2-5,12-15H2,1H3,(H,25,30). The van der Waals surface area contributed by atoms with E-state index < -0.39 is 0 Å². The van der Waals surface area contributed by atoms with Gasteiger partial charge in [0.05, 0.1) is 17.6 Å². The Kier molecular flexibility index (Phi) is 5.87. The fraction of sp³-hybridized carbons (Fsp3) is 0.417. The van der Waals surface area contributed by atoms with Crippen molar-refractivity contribution in [1.82, 2.24) is 20.1 Å². The van der Waals surface area contributed by atoms with E-state index in [2.05, 4.69) is 49.4 Å². The molecule has 1 aromatic carbocycles. The van der Waals surface area contributed by atoms with E-state index in [1.807, 2.05) is 36.3 Å². The van der Waals surface area contributed by atoms with Gasteiger partial charge in [-0.2, -0.15) is 0 Å². The van der Waals surface area contributed by atoms with Gasteiger partial charge in [-0.15, -0.1) is 0 Å². The number of pyridine rings is 1. The number of rotatable bonds is 6. The first-order chi connectivity index (χ1) is 15.2. The van der Waals surface area contributed by atoms with Gasteiger partial charge in [0.1, 0.15) is 0 Å². The SMILES string of the molecule is CNC(=O)c1ccc(C2=CN3c4cnccc4SC3N2CCCN2CCCCC2)cc1. The monoisotopic (exact) mass is 435 g/mol. The van der Waals surface area contributed by atoms with Crippen LogP contribution in [0, 0.1) is 0 Å². The zero-order valence-corrected chi connectivity index (χ0v) is 18.8. The second-order valence-electron chi connectivity index (χ2n) is 8.31. The Labute approximate surface area is 188 Å². The van der Waals surface area contributed by atoms with Gasteiger partial charge in [0, 0.05) is 36.4 Å². The zero-order valence-electron chi connectivity index (χ0n) is 18.0. The van der Waals surface area contributed by atoms with E-state index in [0.29, 0.717) is 5.56 Å². The molecule has 1 aromatic heterocycles. The van der Waals surface area contributed by atoms with Crippen molar-refractivity contribution in [2.24, 2.45) is 0 Å². The lowest BCUT2D eigenvalue weighted by molar-refractivity contribution is 0.0963. The van der Waals surface area contributed by atoms with Gasteiger partial charge in [-0.25, -0.2) is 0 Å². The number of aromatic nitrogens is 1. The molecule has 0 spiro atoms. The minimum absolute atomic E-state index is 0.0542. The summed E-state index contributed by atoms with van der Waals surface area (Å²) in [4.78, 5) is 25.0. The number of nitrogens with one attached hydrogen (secondary N) is 1. The molecule has 1 atom stereocenters. The lowest BCUT2D eigenvalue weighted by Crippen LogP contribution is -2.37.